The van der Waals surface area contributed by atoms with Crippen LogP contribution in [-0.2, 0) is 4.79 Å². The molecule has 20 heavy (non-hydrogen) atoms. The molecule has 2 amide bonds. The van der Waals surface area contributed by atoms with E-state index in [1.165, 1.54) is 6.92 Å². The zero-order chi connectivity index (χ0) is 15.1. The lowest BCUT2D eigenvalue weighted by Gasteiger charge is -2.11. The third-order valence-electron chi connectivity index (χ3n) is 2.59. The lowest BCUT2D eigenvalue weighted by molar-refractivity contribution is -0.118. The summed E-state index contributed by atoms with van der Waals surface area (Å²) < 4.78 is 0. The van der Waals surface area contributed by atoms with Crippen LogP contribution < -0.4 is 16.0 Å². The Labute approximate surface area is 118 Å². The quantitative estimate of drug-likeness (QED) is 0.659. The minimum Gasteiger partial charge on any atom is -0.385 e. The van der Waals surface area contributed by atoms with Crippen molar-refractivity contribution < 1.29 is 9.59 Å². The first-order valence-electron chi connectivity index (χ1n) is 6.53. The number of anilines is 1. The van der Waals surface area contributed by atoms with Gasteiger partial charge in [-0.1, -0.05) is 13.8 Å². The Morgan fingerprint density at radius 2 is 1.90 bits per heavy atom. The van der Waals surface area contributed by atoms with Crippen LogP contribution in [0.3, 0.4) is 0 Å². The number of hydrogen-bond donors (Lipinski definition) is 3. The Kier molecular flexibility index (Phi) is 5.89. The number of rotatable bonds is 6. The molecule has 110 valence electrons. The highest BCUT2D eigenvalue weighted by Gasteiger charge is 2.15. The fourth-order valence-electron chi connectivity index (χ4n) is 1.53. The first-order chi connectivity index (χ1) is 9.45. The van der Waals surface area contributed by atoms with E-state index in [0.717, 1.165) is 0 Å². The van der Waals surface area contributed by atoms with E-state index in [9.17, 15) is 9.59 Å². The van der Waals surface area contributed by atoms with Crippen molar-refractivity contribution in [3.63, 3.8) is 0 Å². The van der Waals surface area contributed by atoms with Gasteiger partial charge < -0.3 is 16.0 Å². The SMILES string of the molecule is CNc1cnc(C(C)C)nc1C(=O)NCCNC(C)=O. The van der Waals surface area contributed by atoms with Crippen LogP contribution in [0.5, 0.6) is 0 Å². The van der Waals surface area contributed by atoms with Crippen LogP contribution in [0.4, 0.5) is 5.69 Å². The van der Waals surface area contributed by atoms with Crippen LogP contribution in [0.15, 0.2) is 6.20 Å². The number of amides is 2. The molecule has 0 unspecified atom stereocenters. The maximum absolute atomic E-state index is 12.1. The average Bonchev–Trinajstić information content (AvgIpc) is 2.42. The van der Waals surface area contributed by atoms with E-state index in [1.54, 1.807) is 13.2 Å². The van der Waals surface area contributed by atoms with Crippen LogP contribution in [0, 0.1) is 0 Å². The van der Waals surface area contributed by atoms with E-state index in [2.05, 4.69) is 25.9 Å². The molecule has 1 aromatic rings. The molecule has 0 aliphatic carbocycles. The second-order valence-electron chi connectivity index (χ2n) is 4.63. The van der Waals surface area contributed by atoms with Crippen LogP contribution in [0.2, 0.25) is 0 Å². The number of carbonyl (C=O) groups excluding carboxylic acids is 2. The van der Waals surface area contributed by atoms with Crippen molar-refractivity contribution in [2.45, 2.75) is 26.7 Å². The monoisotopic (exact) mass is 279 g/mol. The van der Waals surface area contributed by atoms with Crippen LogP contribution in [0.1, 0.15) is 43.0 Å². The van der Waals surface area contributed by atoms with Gasteiger partial charge in [-0.25, -0.2) is 9.97 Å². The molecule has 0 fully saturated rings. The summed E-state index contributed by atoms with van der Waals surface area (Å²) in [6, 6.07) is 0. The number of carbonyl (C=O) groups is 2. The van der Waals surface area contributed by atoms with Crippen LogP contribution in [0.25, 0.3) is 0 Å². The topological polar surface area (TPSA) is 96.0 Å². The Morgan fingerprint density at radius 3 is 2.45 bits per heavy atom. The van der Waals surface area contributed by atoms with Crippen LogP contribution in [-0.4, -0.2) is 41.9 Å². The summed E-state index contributed by atoms with van der Waals surface area (Å²) in [5.74, 6) is 0.353. The molecule has 0 spiro atoms. The Bertz CT molecular complexity index is 488. The van der Waals surface area contributed by atoms with Crippen molar-refractivity contribution in [3.8, 4) is 0 Å². The molecule has 0 aliphatic heterocycles. The summed E-state index contributed by atoms with van der Waals surface area (Å²) in [5.41, 5.74) is 0.889. The fourth-order valence-corrected chi connectivity index (χ4v) is 1.53. The summed E-state index contributed by atoms with van der Waals surface area (Å²) in [4.78, 5) is 31.3. The predicted octanol–water partition coefficient (Wildman–Crippen LogP) is 0.508. The smallest absolute Gasteiger partial charge is 0.272 e. The third-order valence-corrected chi connectivity index (χ3v) is 2.59. The molecular formula is C13H21N5O2. The number of hydrogen-bond acceptors (Lipinski definition) is 5. The number of nitrogens with one attached hydrogen (secondary N) is 3. The highest BCUT2D eigenvalue weighted by molar-refractivity contribution is 5.97. The molecule has 0 aromatic carbocycles. The highest BCUT2D eigenvalue weighted by Crippen LogP contribution is 2.15. The summed E-state index contributed by atoms with van der Waals surface area (Å²) in [6.07, 6.45) is 1.60. The highest BCUT2D eigenvalue weighted by atomic mass is 16.2. The first kappa shape index (κ1) is 15.9. The maximum Gasteiger partial charge on any atom is 0.272 e. The van der Waals surface area contributed by atoms with Crippen molar-refractivity contribution in [2.24, 2.45) is 0 Å². The molecule has 0 saturated carbocycles. The van der Waals surface area contributed by atoms with Gasteiger partial charge in [0, 0.05) is 33.0 Å². The third kappa shape index (κ3) is 4.49. The first-order valence-corrected chi connectivity index (χ1v) is 6.53. The zero-order valence-corrected chi connectivity index (χ0v) is 12.3. The lowest BCUT2D eigenvalue weighted by Crippen LogP contribution is -2.34. The van der Waals surface area contributed by atoms with Gasteiger partial charge in [0.2, 0.25) is 5.91 Å². The van der Waals surface area contributed by atoms with Gasteiger partial charge in [0.15, 0.2) is 5.69 Å². The maximum atomic E-state index is 12.1. The predicted molar refractivity (Wildman–Crippen MR) is 76.7 cm³/mol. The van der Waals surface area contributed by atoms with Crippen molar-refractivity contribution in [1.29, 1.82) is 0 Å². The molecule has 0 atom stereocenters. The molecule has 1 heterocycles. The zero-order valence-electron chi connectivity index (χ0n) is 12.3. The van der Waals surface area contributed by atoms with Crippen molar-refractivity contribution in [3.05, 3.63) is 17.7 Å². The Balaban J connectivity index is 2.74. The molecule has 7 heteroatoms. The van der Waals surface area contributed by atoms with E-state index in [4.69, 9.17) is 0 Å². The molecule has 3 N–H and O–H groups in total. The minimum absolute atomic E-state index is 0.126. The fraction of sp³-hybridized carbons (Fsp3) is 0.538. The average molecular weight is 279 g/mol. The van der Waals surface area contributed by atoms with Gasteiger partial charge in [-0.2, -0.15) is 0 Å². The molecule has 0 radical (unpaired) electrons. The Hall–Kier alpha value is -2.18. The summed E-state index contributed by atoms with van der Waals surface area (Å²) in [7, 11) is 1.71. The normalized spacial score (nSPS) is 10.2. The number of nitrogens with zero attached hydrogens (tertiary/aromatic N) is 2. The number of aromatic nitrogens is 2. The van der Waals surface area contributed by atoms with Crippen molar-refractivity contribution in [1.82, 2.24) is 20.6 Å². The summed E-state index contributed by atoms with van der Waals surface area (Å²) in [6.45, 7) is 6.10. The minimum atomic E-state index is -0.288. The Morgan fingerprint density at radius 1 is 1.25 bits per heavy atom. The molecule has 0 aliphatic rings. The van der Waals surface area contributed by atoms with Crippen molar-refractivity contribution in [2.75, 3.05) is 25.5 Å². The lowest BCUT2D eigenvalue weighted by atomic mass is 10.2. The largest absolute Gasteiger partial charge is 0.385 e. The molecule has 7 nitrogen and oxygen atoms in total. The van der Waals surface area contributed by atoms with Gasteiger partial charge in [0.05, 0.1) is 11.9 Å². The van der Waals surface area contributed by atoms with E-state index >= 15 is 0 Å². The second-order valence-corrected chi connectivity index (χ2v) is 4.63. The van der Waals surface area contributed by atoms with E-state index in [-0.39, 0.29) is 17.7 Å². The van der Waals surface area contributed by atoms with Gasteiger partial charge >= 0.3 is 0 Å². The van der Waals surface area contributed by atoms with E-state index in [1.807, 2.05) is 13.8 Å². The van der Waals surface area contributed by atoms with Gasteiger partial charge in [0.25, 0.3) is 5.91 Å². The molecule has 0 saturated heterocycles. The van der Waals surface area contributed by atoms with Crippen LogP contribution >= 0.6 is 0 Å². The van der Waals surface area contributed by atoms with Gasteiger partial charge in [-0.05, 0) is 0 Å². The molecule has 1 rings (SSSR count). The standard InChI is InChI=1S/C13H21N5O2/c1-8(2)12-17-7-10(14-4)11(18-12)13(20)16-6-5-15-9(3)19/h7-8,14H,5-6H2,1-4H3,(H,15,19)(H,16,20). The molecule has 1 aromatic heterocycles. The molecular weight excluding hydrogens is 258 g/mol. The van der Waals surface area contributed by atoms with Gasteiger partial charge in [-0.15, -0.1) is 0 Å². The summed E-state index contributed by atoms with van der Waals surface area (Å²) in [5, 5.41) is 8.22. The summed E-state index contributed by atoms with van der Waals surface area (Å²) >= 11 is 0. The molecule has 0 bridgehead atoms. The second kappa shape index (κ2) is 7.42. The van der Waals surface area contributed by atoms with Crippen molar-refractivity contribution >= 4 is 17.5 Å². The van der Waals surface area contributed by atoms with Gasteiger partial charge in [-0.3, -0.25) is 9.59 Å². The van der Waals surface area contributed by atoms with E-state index < -0.39 is 0 Å². The van der Waals surface area contributed by atoms with E-state index in [0.29, 0.717) is 30.3 Å². The van der Waals surface area contributed by atoms with Gasteiger partial charge in [0.1, 0.15) is 5.82 Å².